The molecule has 0 saturated heterocycles. The zero-order valence-corrected chi connectivity index (χ0v) is 11.5. The largest absolute Gasteiger partial charge is 0.329 e. The van der Waals surface area contributed by atoms with Gasteiger partial charge in [0.05, 0.1) is 0 Å². The molecule has 0 saturated carbocycles. The second kappa shape index (κ2) is 6.42. The lowest BCUT2D eigenvalue weighted by atomic mass is 10.0. The van der Waals surface area contributed by atoms with Crippen molar-refractivity contribution < 1.29 is 8.78 Å². The fourth-order valence-electron chi connectivity index (χ4n) is 1.57. The molecule has 0 fully saturated rings. The molecule has 0 amide bonds. The average Bonchev–Trinajstić information content (AvgIpc) is 2.21. The number of hydrogen-bond acceptors (Lipinski definition) is 2. The molecule has 1 atom stereocenters. The van der Waals surface area contributed by atoms with Gasteiger partial charge < -0.3 is 11.1 Å². The van der Waals surface area contributed by atoms with Gasteiger partial charge in [-0.2, -0.15) is 0 Å². The van der Waals surface area contributed by atoms with Crippen LogP contribution in [0.5, 0.6) is 0 Å². The topological polar surface area (TPSA) is 38.0 Å². The molecule has 2 nitrogen and oxygen atoms in total. The zero-order valence-electron chi connectivity index (χ0n) is 9.93. The quantitative estimate of drug-likeness (QED) is 0.878. The summed E-state index contributed by atoms with van der Waals surface area (Å²) in [6.45, 7) is 4.61. The molecule has 1 aromatic rings. The van der Waals surface area contributed by atoms with E-state index in [1.165, 1.54) is 12.1 Å². The predicted molar refractivity (Wildman–Crippen MR) is 68.6 cm³/mol. The van der Waals surface area contributed by atoms with E-state index < -0.39 is 11.6 Å². The Morgan fingerprint density at radius 1 is 1.29 bits per heavy atom. The summed E-state index contributed by atoms with van der Waals surface area (Å²) in [5.74, 6) is -0.783. The van der Waals surface area contributed by atoms with Crippen molar-refractivity contribution in [3.05, 3.63) is 33.8 Å². The molecule has 5 heteroatoms. The summed E-state index contributed by atoms with van der Waals surface area (Å²) in [5.41, 5.74) is 5.63. The van der Waals surface area contributed by atoms with Gasteiger partial charge in [0.1, 0.15) is 11.6 Å². The molecule has 0 aromatic heterocycles. The normalized spacial score (nSPS) is 13.1. The zero-order chi connectivity index (χ0) is 13.0. The van der Waals surface area contributed by atoms with Crippen LogP contribution < -0.4 is 11.1 Å². The van der Waals surface area contributed by atoms with E-state index in [4.69, 9.17) is 5.73 Å². The molecule has 1 aromatic carbocycles. The lowest BCUT2D eigenvalue weighted by Gasteiger charge is -2.20. The fraction of sp³-hybridized carbons (Fsp3) is 0.500. The van der Waals surface area contributed by atoms with Crippen LogP contribution in [-0.4, -0.2) is 12.6 Å². The molecule has 0 aliphatic heterocycles. The molecule has 3 N–H and O–H groups in total. The number of nitrogens with two attached hydrogens (primary N) is 1. The van der Waals surface area contributed by atoms with Crippen molar-refractivity contribution >= 4 is 15.9 Å². The highest BCUT2D eigenvalue weighted by molar-refractivity contribution is 9.10. The lowest BCUT2D eigenvalue weighted by molar-refractivity contribution is 0.396. The molecule has 17 heavy (non-hydrogen) atoms. The van der Waals surface area contributed by atoms with Crippen molar-refractivity contribution in [3.8, 4) is 0 Å². The monoisotopic (exact) mass is 306 g/mol. The van der Waals surface area contributed by atoms with E-state index in [9.17, 15) is 8.78 Å². The molecular weight excluding hydrogens is 290 g/mol. The number of hydrogen-bond donors (Lipinski definition) is 2. The summed E-state index contributed by atoms with van der Waals surface area (Å²) in [5, 5.41) is 3.07. The van der Waals surface area contributed by atoms with E-state index in [1.807, 2.05) is 13.8 Å². The van der Waals surface area contributed by atoms with Crippen LogP contribution in [0.3, 0.4) is 0 Å². The van der Waals surface area contributed by atoms with Crippen LogP contribution in [0.1, 0.15) is 19.4 Å². The lowest BCUT2D eigenvalue weighted by Crippen LogP contribution is -2.40. The molecule has 0 bridgehead atoms. The molecule has 0 aliphatic rings. The van der Waals surface area contributed by atoms with Gasteiger partial charge >= 0.3 is 0 Å². The van der Waals surface area contributed by atoms with E-state index in [2.05, 4.69) is 21.2 Å². The highest BCUT2D eigenvalue weighted by Gasteiger charge is 2.14. The number of rotatable bonds is 5. The van der Waals surface area contributed by atoms with Crippen LogP contribution in [0.2, 0.25) is 0 Å². The van der Waals surface area contributed by atoms with Gasteiger partial charge in [-0.25, -0.2) is 8.78 Å². The summed E-state index contributed by atoms with van der Waals surface area (Å²) >= 11 is 3.04. The summed E-state index contributed by atoms with van der Waals surface area (Å²) in [4.78, 5) is 0. The maximum absolute atomic E-state index is 13.5. The minimum absolute atomic E-state index is 0.0484. The Bertz CT molecular complexity index is 360. The second-order valence-electron chi connectivity index (χ2n) is 4.32. The van der Waals surface area contributed by atoms with E-state index in [-0.39, 0.29) is 18.2 Å². The highest BCUT2D eigenvalue weighted by Crippen LogP contribution is 2.19. The standard InChI is InChI=1S/C12H17BrF2N2/c1-7(2)12(5-16)17-6-9-10(14)3-8(13)4-11(9)15/h3-4,7,12,17H,5-6,16H2,1-2H3. The van der Waals surface area contributed by atoms with Gasteiger partial charge in [-0.1, -0.05) is 29.8 Å². The molecule has 1 unspecified atom stereocenters. The van der Waals surface area contributed by atoms with Crippen molar-refractivity contribution in [1.29, 1.82) is 0 Å². The van der Waals surface area contributed by atoms with Crippen LogP contribution in [-0.2, 0) is 6.54 Å². The van der Waals surface area contributed by atoms with Gasteiger partial charge in [-0.3, -0.25) is 0 Å². The van der Waals surface area contributed by atoms with Gasteiger partial charge in [0, 0.05) is 29.2 Å². The van der Waals surface area contributed by atoms with Crippen LogP contribution in [0.15, 0.2) is 16.6 Å². The number of nitrogens with one attached hydrogen (secondary N) is 1. The van der Waals surface area contributed by atoms with Crippen LogP contribution in [0.25, 0.3) is 0 Å². The predicted octanol–water partition coefficient (Wildman–Crippen LogP) is 2.80. The molecule has 96 valence electrons. The summed E-state index contributed by atoms with van der Waals surface area (Å²) < 4.78 is 27.4. The number of halogens is 3. The third-order valence-corrected chi connectivity index (χ3v) is 3.16. The average molecular weight is 307 g/mol. The Labute approximate surface area is 109 Å². The van der Waals surface area contributed by atoms with Crippen molar-refractivity contribution in [2.75, 3.05) is 6.54 Å². The van der Waals surface area contributed by atoms with Crippen LogP contribution in [0.4, 0.5) is 8.78 Å². The highest BCUT2D eigenvalue weighted by atomic mass is 79.9. The third-order valence-electron chi connectivity index (χ3n) is 2.71. The first-order chi connectivity index (χ1) is 7.95. The minimum Gasteiger partial charge on any atom is -0.329 e. The van der Waals surface area contributed by atoms with E-state index in [0.717, 1.165) is 0 Å². The van der Waals surface area contributed by atoms with E-state index >= 15 is 0 Å². The van der Waals surface area contributed by atoms with Gasteiger partial charge in [0.25, 0.3) is 0 Å². The summed E-state index contributed by atoms with van der Waals surface area (Å²) in [6.07, 6.45) is 0. The molecule has 0 heterocycles. The summed E-state index contributed by atoms with van der Waals surface area (Å²) in [6, 6.07) is 2.57. The fourth-order valence-corrected chi connectivity index (χ4v) is 1.97. The smallest absolute Gasteiger partial charge is 0.131 e. The molecule has 0 aliphatic carbocycles. The van der Waals surface area contributed by atoms with Crippen LogP contribution in [0, 0.1) is 17.6 Å². The van der Waals surface area contributed by atoms with Gasteiger partial charge in [-0.05, 0) is 18.1 Å². The minimum atomic E-state index is -0.552. The Hall–Kier alpha value is -0.520. The molecule has 0 radical (unpaired) electrons. The Kier molecular flexibility index (Phi) is 5.49. The van der Waals surface area contributed by atoms with E-state index in [0.29, 0.717) is 16.9 Å². The SMILES string of the molecule is CC(C)C(CN)NCc1c(F)cc(Br)cc1F. The first-order valence-corrected chi connectivity index (χ1v) is 6.31. The molecule has 0 spiro atoms. The van der Waals surface area contributed by atoms with Gasteiger partial charge in [-0.15, -0.1) is 0 Å². The second-order valence-corrected chi connectivity index (χ2v) is 5.23. The maximum Gasteiger partial charge on any atom is 0.131 e. The Morgan fingerprint density at radius 3 is 2.24 bits per heavy atom. The first kappa shape index (κ1) is 14.5. The Balaban J connectivity index is 2.75. The van der Waals surface area contributed by atoms with Crippen molar-refractivity contribution in [1.82, 2.24) is 5.32 Å². The van der Waals surface area contributed by atoms with Crippen molar-refractivity contribution in [2.24, 2.45) is 11.7 Å². The van der Waals surface area contributed by atoms with Crippen LogP contribution >= 0.6 is 15.9 Å². The van der Waals surface area contributed by atoms with Crippen molar-refractivity contribution in [2.45, 2.75) is 26.4 Å². The molecular formula is C12H17BrF2N2. The molecule has 1 rings (SSSR count). The first-order valence-electron chi connectivity index (χ1n) is 5.52. The third kappa shape index (κ3) is 4.01. The van der Waals surface area contributed by atoms with E-state index in [1.54, 1.807) is 0 Å². The summed E-state index contributed by atoms with van der Waals surface area (Å²) in [7, 11) is 0. The van der Waals surface area contributed by atoms with Gasteiger partial charge in [0.15, 0.2) is 0 Å². The maximum atomic E-state index is 13.5. The Morgan fingerprint density at radius 2 is 1.82 bits per heavy atom. The number of benzene rings is 1. The van der Waals surface area contributed by atoms with Crippen molar-refractivity contribution in [3.63, 3.8) is 0 Å². The van der Waals surface area contributed by atoms with Gasteiger partial charge in [0.2, 0.25) is 0 Å².